The van der Waals surface area contributed by atoms with E-state index >= 15 is 0 Å². The van der Waals surface area contributed by atoms with Crippen molar-refractivity contribution in [2.75, 3.05) is 5.32 Å². The number of hydrogen-bond donors (Lipinski definition) is 2. The monoisotopic (exact) mass is 308 g/mol. The van der Waals surface area contributed by atoms with Crippen LogP contribution < -0.4 is 5.32 Å². The van der Waals surface area contributed by atoms with Crippen LogP contribution in [-0.4, -0.2) is 21.6 Å². The van der Waals surface area contributed by atoms with Gasteiger partial charge in [-0.25, -0.2) is 4.98 Å². The Kier molecular flexibility index (Phi) is 2.90. The third-order valence-corrected chi connectivity index (χ3v) is 4.64. The topological polar surface area (TPSA) is 70.7 Å². The lowest BCUT2D eigenvalue weighted by Gasteiger charge is -2.07. The van der Waals surface area contributed by atoms with Crippen molar-refractivity contribution in [3.8, 4) is 11.1 Å². The number of rotatable bonds is 3. The van der Waals surface area contributed by atoms with Crippen LogP contribution in [0.5, 0.6) is 0 Å². The number of carbonyl (C=O) groups excluding carboxylic acids is 1. The van der Waals surface area contributed by atoms with Gasteiger partial charge in [-0.3, -0.25) is 9.89 Å². The first-order valence-electron chi connectivity index (χ1n) is 6.80. The highest BCUT2D eigenvalue weighted by Crippen LogP contribution is 2.35. The van der Waals surface area contributed by atoms with E-state index in [1.807, 2.05) is 18.3 Å². The summed E-state index contributed by atoms with van der Waals surface area (Å²) < 4.78 is 1.04. The Labute approximate surface area is 130 Å². The second-order valence-corrected chi connectivity index (χ2v) is 6.08. The lowest BCUT2D eigenvalue weighted by molar-refractivity contribution is -0.105. The minimum Gasteiger partial charge on any atom is -0.305 e. The fraction of sp³-hybridized carbons (Fsp3) is 0.0625. The van der Waals surface area contributed by atoms with E-state index in [-0.39, 0.29) is 0 Å². The minimum absolute atomic E-state index is 0.611. The molecule has 0 bridgehead atoms. The van der Waals surface area contributed by atoms with Gasteiger partial charge in [0, 0.05) is 5.39 Å². The number of aryl methyl sites for hydroxylation is 1. The van der Waals surface area contributed by atoms with Crippen LogP contribution in [0, 0.1) is 6.92 Å². The molecule has 0 unspecified atom stereocenters. The molecule has 0 atom stereocenters. The Morgan fingerprint density at radius 3 is 3.05 bits per heavy atom. The van der Waals surface area contributed by atoms with Crippen molar-refractivity contribution in [2.24, 2.45) is 0 Å². The van der Waals surface area contributed by atoms with Crippen molar-refractivity contribution in [2.45, 2.75) is 6.92 Å². The fourth-order valence-corrected chi connectivity index (χ4v) is 3.57. The molecular weight excluding hydrogens is 296 g/mol. The summed E-state index contributed by atoms with van der Waals surface area (Å²) in [6.45, 7) is 2.10. The molecule has 2 heterocycles. The van der Waals surface area contributed by atoms with Crippen LogP contribution in [-0.2, 0) is 4.79 Å². The van der Waals surface area contributed by atoms with Crippen LogP contribution in [0.4, 0.5) is 5.13 Å². The van der Waals surface area contributed by atoms with E-state index < -0.39 is 0 Å². The van der Waals surface area contributed by atoms with Crippen molar-refractivity contribution in [3.05, 3.63) is 42.1 Å². The van der Waals surface area contributed by atoms with Crippen molar-refractivity contribution >= 4 is 44.0 Å². The smallest absolute Gasteiger partial charge is 0.213 e. The number of hydrogen-bond acceptors (Lipinski definition) is 4. The lowest BCUT2D eigenvalue weighted by atomic mass is 9.97. The van der Waals surface area contributed by atoms with Gasteiger partial charge in [-0.2, -0.15) is 5.10 Å². The highest BCUT2D eigenvalue weighted by atomic mass is 32.1. The molecule has 0 saturated carbocycles. The lowest BCUT2D eigenvalue weighted by Crippen LogP contribution is -1.91. The highest BCUT2D eigenvalue weighted by Gasteiger charge is 2.11. The molecule has 0 aliphatic heterocycles. The number of aromatic amines is 1. The molecular formula is C16H12N4OS. The Bertz CT molecular complexity index is 1000. The van der Waals surface area contributed by atoms with Gasteiger partial charge in [0.1, 0.15) is 0 Å². The molecule has 6 heteroatoms. The van der Waals surface area contributed by atoms with E-state index in [1.165, 1.54) is 22.5 Å². The van der Waals surface area contributed by atoms with E-state index in [0.29, 0.717) is 11.5 Å². The number of nitrogens with one attached hydrogen (secondary N) is 2. The van der Waals surface area contributed by atoms with E-state index in [2.05, 4.69) is 45.6 Å². The number of anilines is 1. The molecule has 108 valence electrons. The summed E-state index contributed by atoms with van der Waals surface area (Å²) in [7, 11) is 0. The van der Waals surface area contributed by atoms with Gasteiger partial charge >= 0.3 is 0 Å². The zero-order valence-corrected chi connectivity index (χ0v) is 12.6. The molecule has 0 radical (unpaired) electrons. The number of fused-ring (bicyclic) bond motifs is 2. The van der Waals surface area contributed by atoms with Crippen LogP contribution >= 0.6 is 11.3 Å². The molecule has 22 heavy (non-hydrogen) atoms. The minimum atomic E-state index is 0.611. The summed E-state index contributed by atoms with van der Waals surface area (Å²) in [5.41, 5.74) is 5.40. The highest BCUT2D eigenvalue weighted by molar-refractivity contribution is 7.22. The maximum Gasteiger partial charge on any atom is 0.213 e. The second kappa shape index (κ2) is 4.92. The quantitative estimate of drug-likeness (QED) is 0.567. The third kappa shape index (κ3) is 1.96. The Morgan fingerprint density at radius 1 is 1.27 bits per heavy atom. The first-order chi connectivity index (χ1) is 10.8. The standard InChI is InChI=1S/C16H12N4OS/c1-9-2-4-12-11(7-18-20-12)15(9)10-3-5-13-14(6-10)22-16(19-13)17-8-21/h2-8H,1H3,(H,18,20)(H,17,19,21). The summed E-state index contributed by atoms with van der Waals surface area (Å²) in [5.74, 6) is 0. The van der Waals surface area contributed by atoms with Gasteiger partial charge in [0.25, 0.3) is 0 Å². The molecule has 2 aromatic heterocycles. The van der Waals surface area contributed by atoms with E-state index in [0.717, 1.165) is 26.7 Å². The van der Waals surface area contributed by atoms with Crippen LogP contribution in [0.2, 0.25) is 0 Å². The number of thiazole rings is 1. The van der Waals surface area contributed by atoms with Crippen LogP contribution in [0.1, 0.15) is 5.56 Å². The van der Waals surface area contributed by atoms with Crippen molar-refractivity contribution in [1.29, 1.82) is 0 Å². The van der Waals surface area contributed by atoms with Gasteiger partial charge in [-0.05, 0) is 41.8 Å². The van der Waals surface area contributed by atoms with E-state index in [9.17, 15) is 4.79 Å². The predicted molar refractivity (Wildman–Crippen MR) is 89.1 cm³/mol. The average molecular weight is 308 g/mol. The van der Waals surface area contributed by atoms with Crippen LogP contribution in [0.3, 0.4) is 0 Å². The third-order valence-electron chi connectivity index (χ3n) is 3.69. The first-order valence-corrected chi connectivity index (χ1v) is 7.62. The Balaban J connectivity index is 1.94. The molecule has 0 aliphatic rings. The van der Waals surface area contributed by atoms with Gasteiger partial charge in [-0.15, -0.1) is 0 Å². The Hall–Kier alpha value is -2.73. The van der Waals surface area contributed by atoms with E-state index in [1.54, 1.807) is 0 Å². The SMILES string of the molecule is Cc1ccc2[nH]ncc2c1-c1ccc2nc(NC=O)sc2c1. The summed E-state index contributed by atoms with van der Waals surface area (Å²) in [5, 5.41) is 11.5. The van der Waals surface area contributed by atoms with Gasteiger partial charge in [-0.1, -0.05) is 23.5 Å². The van der Waals surface area contributed by atoms with Gasteiger partial charge in [0.05, 0.1) is 21.9 Å². The molecule has 0 aliphatic carbocycles. The van der Waals surface area contributed by atoms with Gasteiger partial charge < -0.3 is 5.32 Å². The molecule has 1 amide bonds. The van der Waals surface area contributed by atoms with Crippen molar-refractivity contribution < 1.29 is 4.79 Å². The maximum absolute atomic E-state index is 10.5. The zero-order chi connectivity index (χ0) is 15.1. The Morgan fingerprint density at radius 2 is 2.18 bits per heavy atom. The number of benzene rings is 2. The first kappa shape index (κ1) is 13.0. The molecule has 4 rings (SSSR count). The fourth-order valence-electron chi connectivity index (χ4n) is 2.70. The van der Waals surface area contributed by atoms with Crippen LogP contribution in [0.25, 0.3) is 32.2 Å². The van der Waals surface area contributed by atoms with Crippen LogP contribution in [0.15, 0.2) is 36.5 Å². The second-order valence-electron chi connectivity index (χ2n) is 5.05. The number of nitrogens with zero attached hydrogens (tertiary/aromatic N) is 2. The molecule has 5 nitrogen and oxygen atoms in total. The predicted octanol–water partition coefficient (Wildman–Crippen LogP) is 3.72. The number of carbonyl (C=O) groups is 1. The molecule has 0 spiro atoms. The normalized spacial score (nSPS) is 11.1. The van der Waals surface area contributed by atoms with Crippen molar-refractivity contribution in [1.82, 2.24) is 15.2 Å². The summed E-state index contributed by atoms with van der Waals surface area (Å²) >= 11 is 1.47. The summed E-state index contributed by atoms with van der Waals surface area (Å²) in [6.07, 6.45) is 2.50. The molecule has 4 aromatic rings. The largest absolute Gasteiger partial charge is 0.305 e. The summed E-state index contributed by atoms with van der Waals surface area (Å²) in [6, 6.07) is 10.3. The zero-order valence-electron chi connectivity index (χ0n) is 11.8. The van der Waals surface area contributed by atoms with Gasteiger partial charge in [0.15, 0.2) is 5.13 Å². The molecule has 2 aromatic carbocycles. The number of aromatic nitrogens is 3. The average Bonchev–Trinajstić information content (AvgIpc) is 3.12. The van der Waals surface area contributed by atoms with Crippen molar-refractivity contribution in [3.63, 3.8) is 0 Å². The van der Waals surface area contributed by atoms with E-state index in [4.69, 9.17) is 0 Å². The summed E-state index contributed by atoms with van der Waals surface area (Å²) in [4.78, 5) is 14.9. The molecule has 0 fully saturated rings. The maximum atomic E-state index is 10.5. The number of amides is 1. The molecule has 0 saturated heterocycles. The van der Waals surface area contributed by atoms with Gasteiger partial charge in [0.2, 0.25) is 6.41 Å². The number of H-pyrrole nitrogens is 1. The molecule has 2 N–H and O–H groups in total.